The van der Waals surface area contributed by atoms with Crippen molar-refractivity contribution in [3.8, 4) is 0 Å². The van der Waals surface area contributed by atoms with Crippen molar-refractivity contribution in [1.82, 2.24) is 4.90 Å². The molecule has 2 amide bonds. The maximum absolute atomic E-state index is 14.0. The number of carbonyl (C=O) groups excluding carboxylic acids is 2. The van der Waals surface area contributed by atoms with Gasteiger partial charge in [-0.2, -0.15) is 8.42 Å². The van der Waals surface area contributed by atoms with E-state index in [1.165, 1.54) is 41.3 Å². The van der Waals surface area contributed by atoms with E-state index in [0.29, 0.717) is 32.0 Å². The zero-order valence-corrected chi connectivity index (χ0v) is 26.6. The first-order valence-corrected chi connectivity index (χ1v) is 17.5. The van der Waals surface area contributed by atoms with Gasteiger partial charge in [-0.25, -0.2) is 21.6 Å². The molecule has 1 unspecified atom stereocenters. The van der Waals surface area contributed by atoms with Gasteiger partial charge in [-0.15, -0.1) is 0 Å². The smallest absolute Gasteiger partial charge is 0.297 e. The normalized spacial score (nSPS) is 15.0. The summed E-state index contributed by atoms with van der Waals surface area (Å²) in [5.74, 6) is -4.97. The highest BCUT2D eigenvalue weighted by Gasteiger charge is 2.28. The number of nitrogens with two attached hydrogens (primary N) is 1. The van der Waals surface area contributed by atoms with Crippen molar-refractivity contribution in [2.24, 2.45) is 11.7 Å². The van der Waals surface area contributed by atoms with E-state index < -0.39 is 61.7 Å². The Kier molecular flexibility index (Phi) is 11.2. The molecule has 4 rings (SSSR count). The van der Waals surface area contributed by atoms with Gasteiger partial charge in [-0.3, -0.25) is 13.8 Å². The van der Waals surface area contributed by atoms with Gasteiger partial charge in [0.1, 0.15) is 12.4 Å². The van der Waals surface area contributed by atoms with Crippen LogP contribution in [0.15, 0.2) is 70.5 Å². The molecule has 0 radical (unpaired) electrons. The number of aryl methyl sites for hydroxylation is 1. The summed E-state index contributed by atoms with van der Waals surface area (Å²) in [6.45, 7) is 1.65. The number of anilines is 1. The molecule has 0 aliphatic carbocycles. The molecule has 1 aliphatic rings. The number of nitrogens with one attached hydrogen (secondary N) is 1. The van der Waals surface area contributed by atoms with Crippen LogP contribution in [-0.2, 0) is 40.1 Å². The van der Waals surface area contributed by atoms with Gasteiger partial charge < -0.3 is 16.0 Å². The minimum absolute atomic E-state index is 0.00602. The van der Waals surface area contributed by atoms with E-state index in [1.54, 1.807) is 19.1 Å². The highest BCUT2D eigenvalue weighted by Crippen LogP contribution is 2.25. The standard InChI is InChI=1S/C31H34F3N3O7S2/c1-20-2-6-25(7-3-20)46(42,43)44-19-30(38)36-23-4-8-24(9-5-23)45(40,41)15-12-31(39)37-13-10-21(11-14-37)29(35)17-22-16-27(33)28(34)18-26(22)32/h2-9,16,18,21,29H,10-15,17,19,35H2,1H3,(H,36,38). The van der Waals surface area contributed by atoms with E-state index in [4.69, 9.17) is 9.92 Å². The maximum atomic E-state index is 14.0. The molecule has 3 aromatic rings. The molecule has 1 atom stereocenters. The van der Waals surface area contributed by atoms with Crippen molar-refractivity contribution in [3.63, 3.8) is 0 Å². The SMILES string of the molecule is Cc1ccc(S(=O)(=O)OCC(=O)Nc2ccc(S(=O)(=O)CCC(=O)N3CCC(C(N)Cc4cc(F)c(F)cc4F)CC3)cc2)cc1. The van der Waals surface area contributed by atoms with E-state index in [-0.39, 0.29) is 45.7 Å². The van der Waals surface area contributed by atoms with Gasteiger partial charge in [0.25, 0.3) is 16.0 Å². The molecule has 0 bridgehead atoms. The molecule has 1 aliphatic heterocycles. The number of sulfone groups is 1. The predicted octanol–water partition coefficient (Wildman–Crippen LogP) is 3.73. The minimum Gasteiger partial charge on any atom is -0.343 e. The summed E-state index contributed by atoms with van der Waals surface area (Å²) in [5, 5.41) is 2.44. The molecule has 1 fully saturated rings. The van der Waals surface area contributed by atoms with Crippen molar-refractivity contribution < 1.29 is 43.8 Å². The van der Waals surface area contributed by atoms with Crippen LogP contribution in [0.5, 0.6) is 0 Å². The number of amides is 2. The topological polar surface area (TPSA) is 153 Å². The van der Waals surface area contributed by atoms with Crippen LogP contribution in [0.1, 0.15) is 30.4 Å². The highest BCUT2D eigenvalue weighted by atomic mass is 32.2. The van der Waals surface area contributed by atoms with Gasteiger partial charge in [0.05, 0.1) is 15.5 Å². The van der Waals surface area contributed by atoms with Crippen molar-refractivity contribution >= 4 is 37.5 Å². The van der Waals surface area contributed by atoms with Gasteiger partial charge in [-0.1, -0.05) is 17.7 Å². The Labute approximate surface area is 265 Å². The van der Waals surface area contributed by atoms with E-state index in [9.17, 15) is 39.6 Å². The number of benzene rings is 3. The second-order valence-corrected chi connectivity index (χ2v) is 14.8. The number of carbonyl (C=O) groups is 2. The van der Waals surface area contributed by atoms with Gasteiger partial charge in [-0.05, 0) is 80.1 Å². The predicted molar refractivity (Wildman–Crippen MR) is 163 cm³/mol. The third-order valence-electron chi connectivity index (χ3n) is 7.78. The Morgan fingerprint density at radius 2 is 1.50 bits per heavy atom. The molecule has 46 heavy (non-hydrogen) atoms. The van der Waals surface area contributed by atoms with Crippen LogP contribution >= 0.6 is 0 Å². The molecule has 248 valence electrons. The maximum Gasteiger partial charge on any atom is 0.297 e. The fraction of sp³-hybridized carbons (Fsp3) is 0.355. The largest absolute Gasteiger partial charge is 0.343 e. The van der Waals surface area contributed by atoms with E-state index in [1.807, 2.05) is 0 Å². The van der Waals surface area contributed by atoms with Crippen LogP contribution in [0.3, 0.4) is 0 Å². The van der Waals surface area contributed by atoms with Crippen LogP contribution in [0.25, 0.3) is 0 Å². The first kappa shape index (κ1) is 35.1. The summed E-state index contributed by atoms with van der Waals surface area (Å²) in [6, 6.07) is 11.9. The monoisotopic (exact) mass is 681 g/mol. The number of rotatable bonds is 12. The summed E-state index contributed by atoms with van der Waals surface area (Å²) < 4.78 is 95.8. The van der Waals surface area contributed by atoms with Crippen molar-refractivity contribution in [1.29, 1.82) is 0 Å². The van der Waals surface area contributed by atoms with Gasteiger partial charge in [0.15, 0.2) is 21.5 Å². The lowest BCUT2D eigenvalue weighted by Crippen LogP contribution is -2.44. The Morgan fingerprint density at radius 3 is 2.13 bits per heavy atom. The van der Waals surface area contributed by atoms with Gasteiger partial charge in [0.2, 0.25) is 5.91 Å². The van der Waals surface area contributed by atoms with Crippen LogP contribution in [-0.4, -0.2) is 65.0 Å². The molecule has 1 heterocycles. The first-order valence-electron chi connectivity index (χ1n) is 14.4. The highest BCUT2D eigenvalue weighted by molar-refractivity contribution is 7.91. The lowest BCUT2D eigenvalue weighted by atomic mass is 9.86. The number of halogens is 3. The molecule has 0 aromatic heterocycles. The zero-order chi connectivity index (χ0) is 33.6. The van der Waals surface area contributed by atoms with Crippen LogP contribution in [0, 0.1) is 30.3 Å². The lowest BCUT2D eigenvalue weighted by Gasteiger charge is -2.35. The number of piperidine rings is 1. The molecular weight excluding hydrogens is 647 g/mol. The van der Waals surface area contributed by atoms with Gasteiger partial charge >= 0.3 is 0 Å². The van der Waals surface area contributed by atoms with E-state index in [2.05, 4.69) is 5.32 Å². The Hall–Kier alpha value is -3.79. The molecule has 15 heteroatoms. The second kappa shape index (κ2) is 14.8. The number of hydrogen-bond donors (Lipinski definition) is 2. The summed E-state index contributed by atoms with van der Waals surface area (Å²) >= 11 is 0. The number of nitrogens with zero attached hydrogens (tertiary/aromatic N) is 1. The Balaban J connectivity index is 1.22. The van der Waals surface area contributed by atoms with Crippen LogP contribution in [0.4, 0.5) is 18.9 Å². The molecule has 1 saturated heterocycles. The van der Waals surface area contributed by atoms with E-state index in [0.717, 1.165) is 11.6 Å². The molecule has 0 saturated carbocycles. The van der Waals surface area contributed by atoms with Crippen molar-refractivity contribution in [3.05, 3.63) is 89.2 Å². The average Bonchev–Trinajstić information content (AvgIpc) is 3.02. The summed E-state index contributed by atoms with van der Waals surface area (Å²) in [6.07, 6.45) is 0.721. The van der Waals surface area contributed by atoms with E-state index >= 15 is 0 Å². The van der Waals surface area contributed by atoms with Crippen molar-refractivity contribution in [2.45, 2.75) is 48.4 Å². The first-order chi connectivity index (χ1) is 21.6. The summed E-state index contributed by atoms with van der Waals surface area (Å²) in [7, 11) is -7.99. The minimum atomic E-state index is -4.15. The molecule has 0 spiro atoms. The molecular formula is C31H34F3N3O7S2. The third kappa shape index (κ3) is 9.15. The van der Waals surface area contributed by atoms with Crippen LogP contribution in [0.2, 0.25) is 0 Å². The molecule has 3 N–H and O–H groups in total. The Bertz CT molecular complexity index is 1780. The average molecular weight is 682 g/mol. The second-order valence-electron chi connectivity index (χ2n) is 11.1. The summed E-state index contributed by atoms with van der Waals surface area (Å²) in [4.78, 5) is 26.4. The fourth-order valence-electron chi connectivity index (χ4n) is 5.06. The lowest BCUT2D eigenvalue weighted by molar-refractivity contribution is -0.132. The number of hydrogen-bond acceptors (Lipinski definition) is 8. The quantitative estimate of drug-likeness (QED) is 0.217. The summed E-state index contributed by atoms with van der Waals surface area (Å²) in [5.41, 5.74) is 7.26. The molecule has 10 nitrogen and oxygen atoms in total. The van der Waals surface area contributed by atoms with Gasteiger partial charge in [0, 0.05) is 37.3 Å². The zero-order valence-electron chi connectivity index (χ0n) is 24.9. The number of likely N-dealkylation sites (tertiary alicyclic amines) is 1. The Morgan fingerprint density at radius 1 is 0.913 bits per heavy atom. The molecule has 3 aromatic carbocycles. The van der Waals surface area contributed by atoms with Crippen LogP contribution < -0.4 is 11.1 Å². The van der Waals surface area contributed by atoms with Crippen molar-refractivity contribution in [2.75, 3.05) is 30.8 Å². The fourth-order valence-corrected chi connectivity index (χ4v) is 7.16. The third-order valence-corrected chi connectivity index (χ3v) is 10.8.